The quantitative estimate of drug-likeness (QED) is 0.212. The van der Waals surface area contributed by atoms with Crippen LogP contribution in [0.1, 0.15) is 22.5 Å². The van der Waals surface area contributed by atoms with E-state index in [1.165, 1.54) is 6.08 Å². The molecule has 4 rings (SSSR count). The van der Waals surface area contributed by atoms with Gasteiger partial charge in [0.05, 0.1) is 7.11 Å². The van der Waals surface area contributed by atoms with Gasteiger partial charge in [-0.1, -0.05) is 30.3 Å². The minimum absolute atomic E-state index is 0.287. The van der Waals surface area contributed by atoms with E-state index in [0.29, 0.717) is 18.9 Å². The average Bonchev–Trinajstić information content (AvgIpc) is 3.25. The number of anilines is 1. The molecule has 0 bridgehead atoms. The Morgan fingerprint density at radius 2 is 1.86 bits per heavy atom. The highest BCUT2D eigenvalue weighted by Crippen LogP contribution is 2.24. The van der Waals surface area contributed by atoms with E-state index in [2.05, 4.69) is 30.6 Å². The van der Waals surface area contributed by atoms with Crippen LogP contribution >= 0.6 is 0 Å². The second kappa shape index (κ2) is 11.1. The lowest BCUT2D eigenvalue weighted by Gasteiger charge is -2.10. The predicted octanol–water partition coefficient (Wildman–Crippen LogP) is 4.42. The Labute approximate surface area is 204 Å². The smallest absolute Gasteiger partial charge is 0.250 e. The zero-order valence-corrected chi connectivity index (χ0v) is 20.0. The zero-order chi connectivity index (χ0) is 24.6. The number of hydrogen-bond acceptors (Lipinski definition) is 5. The maximum Gasteiger partial charge on any atom is 0.250 e. The number of nitrogens with zero attached hydrogens (tertiary/aromatic N) is 3. The molecule has 35 heavy (non-hydrogen) atoms. The van der Waals surface area contributed by atoms with E-state index < -0.39 is 0 Å². The summed E-state index contributed by atoms with van der Waals surface area (Å²) in [6.45, 7) is 4.23. The fourth-order valence-electron chi connectivity index (χ4n) is 3.67. The van der Waals surface area contributed by atoms with Gasteiger partial charge in [-0.3, -0.25) is 20.4 Å². The van der Waals surface area contributed by atoms with Gasteiger partial charge in [-0.25, -0.2) is 9.97 Å². The number of aromatic amines is 1. The van der Waals surface area contributed by atoms with Gasteiger partial charge in [0.1, 0.15) is 5.75 Å². The maximum absolute atomic E-state index is 12.6. The van der Waals surface area contributed by atoms with Crippen molar-refractivity contribution in [3.8, 4) is 5.75 Å². The number of aliphatic imine (C=N–C) groups is 1. The van der Waals surface area contributed by atoms with Crippen LogP contribution in [-0.4, -0.2) is 40.5 Å². The SMILES string of the molecule is COc1ccc2[nH]cc(CCN=C(NC(=O)C=Cc3ccccc3)Nc3nc(C)cc(C)n3)c2c1. The molecular weight excluding hydrogens is 440 g/mol. The molecule has 2 heterocycles. The van der Waals surface area contributed by atoms with Crippen molar-refractivity contribution in [2.24, 2.45) is 4.99 Å². The summed E-state index contributed by atoms with van der Waals surface area (Å²) in [6, 6.07) is 17.4. The van der Waals surface area contributed by atoms with Crippen LogP contribution in [-0.2, 0) is 11.2 Å². The standard InChI is InChI=1S/C27H28N6O2/c1-18-15-19(2)31-27(30-18)33-26(32-25(34)12-9-20-7-5-4-6-8-20)28-14-13-21-17-29-24-11-10-22(35-3)16-23(21)24/h4-12,15-17,29H,13-14H2,1-3H3,(H2,28,30,31,32,33,34). The van der Waals surface area contributed by atoms with Crippen LogP contribution in [0.15, 0.2) is 71.9 Å². The number of amides is 1. The van der Waals surface area contributed by atoms with E-state index >= 15 is 0 Å². The van der Waals surface area contributed by atoms with Crippen molar-refractivity contribution in [1.82, 2.24) is 20.3 Å². The Bertz CT molecular complexity index is 1350. The van der Waals surface area contributed by atoms with Crippen LogP contribution in [0.25, 0.3) is 17.0 Å². The van der Waals surface area contributed by atoms with Crippen LogP contribution in [0.5, 0.6) is 5.75 Å². The summed E-state index contributed by atoms with van der Waals surface area (Å²) in [5, 5.41) is 6.96. The third-order valence-corrected chi connectivity index (χ3v) is 5.31. The first kappa shape index (κ1) is 23.7. The lowest BCUT2D eigenvalue weighted by molar-refractivity contribution is -0.115. The molecule has 0 saturated carbocycles. The summed E-state index contributed by atoms with van der Waals surface area (Å²) in [6.07, 6.45) is 5.86. The summed E-state index contributed by atoms with van der Waals surface area (Å²) >= 11 is 0. The maximum atomic E-state index is 12.6. The predicted molar refractivity (Wildman–Crippen MR) is 140 cm³/mol. The number of H-pyrrole nitrogens is 1. The topological polar surface area (TPSA) is 104 Å². The second-order valence-electron chi connectivity index (χ2n) is 8.04. The van der Waals surface area contributed by atoms with Gasteiger partial charge in [0.25, 0.3) is 5.91 Å². The number of carbonyl (C=O) groups excluding carboxylic acids is 1. The lowest BCUT2D eigenvalue weighted by atomic mass is 10.1. The van der Waals surface area contributed by atoms with Gasteiger partial charge >= 0.3 is 0 Å². The molecule has 0 aliphatic carbocycles. The number of guanidine groups is 1. The second-order valence-corrected chi connectivity index (χ2v) is 8.04. The number of carbonyl (C=O) groups is 1. The van der Waals surface area contributed by atoms with E-state index in [4.69, 9.17) is 4.74 Å². The molecule has 8 nitrogen and oxygen atoms in total. The van der Waals surface area contributed by atoms with E-state index in [1.807, 2.05) is 74.6 Å². The number of aryl methyl sites for hydroxylation is 2. The van der Waals surface area contributed by atoms with Gasteiger partial charge in [0, 0.05) is 41.1 Å². The first-order chi connectivity index (χ1) is 17.0. The number of ether oxygens (including phenoxy) is 1. The van der Waals surface area contributed by atoms with Gasteiger partial charge in [-0.15, -0.1) is 0 Å². The molecule has 0 unspecified atom stereocenters. The Balaban J connectivity index is 1.51. The number of rotatable bonds is 7. The first-order valence-corrected chi connectivity index (χ1v) is 11.3. The Hall–Kier alpha value is -4.46. The van der Waals surface area contributed by atoms with E-state index in [1.54, 1.807) is 13.2 Å². The van der Waals surface area contributed by atoms with Gasteiger partial charge in [0.15, 0.2) is 0 Å². The molecule has 1 amide bonds. The number of methoxy groups -OCH3 is 1. The third kappa shape index (κ3) is 6.54. The molecule has 2 aromatic carbocycles. The van der Waals surface area contributed by atoms with Crippen molar-refractivity contribution in [1.29, 1.82) is 0 Å². The zero-order valence-electron chi connectivity index (χ0n) is 20.0. The van der Waals surface area contributed by atoms with Crippen molar-refractivity contribution in [2.75, 3.05) is 19.0 Å². The number of fused-ring (bicyclic) bond motifs is 1. The van der Waals surface area contributed by atoms with Gasteiger partial charge in [-0.05, 0) is 61.7 Å². The Kier molecular flexibility index (Phi) is 7.52. The summed E-state index contributed by atoms with van der Waals surface area (Å²) in [7, 11) is 1.65. The number of hydrogen-bond donors (Lipinski definition) is 3. The average molecular weight is 469 g/mol. The highest BCUT2D eigenvalue weighted by Gasteiger charge is 2.09. The first-order valence-electron chi connectivity index (χ1n) is 11.3. The summed E-state index contributed by atoms with van der Waals surface area (Å²) in [5.74, 6) is 1.16. The van der Waals surface area contributed by atoms with E-state index in [0.717, 1.165) is 39.2 Å². The fourth-order valence-corrected chi connectivity index (χ4v) is 3.67. The van der Waals surface area contributed by atoms with Gasteiger partial charge in [-0.2, -0.15) is 0 Å². The van der Waals surface area contributed by atoms with Crippen molar-refractivity contribution in [3.05, 3.63) is 89.4 Å². The molecule has 0 aliphatic heterocycles. The highest BCUT2D eigenvalue weighted by molar-refractivity contribution is 6.08. The van der Waals surface area contributed by atoms with Crippen LogP contribution < -0.4 is 15.4 Å². The van der Waals surface area contributed by atoms with Crippen molar-refractivity contribution < 1.29 is 9.53 Å². The number of benzene rings is 2. The van der Waals surface area contributed by atoms with Crippen LogP contribution in [0, 0.1) is 13.8 Å². The van der Waals surface area contributed by atoms with Crippen molar-refractivity contribution in [3.63, 3.8) is 0 Å². The molecule has 0 spiro atoms. The minimum Gasteiger partial charge on any atom is -0.497 e. The molecule has 0 atom stereocenters. The van der Waals surface area contributed by atoms with Crippen molar-refractivity contribution >= 4 is 34.8 Å². The number of nitrogens with one attached hydrogen (secondary N) is 3. The van der Waals surface area contributed by atoms with E-state index in [9.17, 15) is 4.79 Å². The molecule has 8 heteroatoms. The van der Waals surface area contributed by atoms with Crippen LogP contribution in [0.2, 0.25) is 0 Å². The van der Waals surface area contributed by atoms with Crippen LogP contribution in [0.4, 0.5) is 5.95 Å². The normalized spacial score (nSPS) is 11.7. The lowest BCUT2D eigenvalue weighted by Crippen LogP contribution is -2.35. The largest absolute Gasteiger partial charge is 0.497 e. The number of aromatic nitrogens is 3. The monoisotopic (exact) mass is 468 g/mol. The molecule has 3 N–H and O–H groups in total. The molecule has 0 radical (unpaired) electrons. The van der Waals surface area contributed by atoms with Crippen LogP contribution in [0.3, 0.4) is 0 Å². The molecule has 4 aromatic rings. The molecule has 0 fully saturated rings. The molecule has 2 aromatic heterocycles. The van der Waals surface area contributed by atoms with Gasteiger partial charge < -0.3 is 9.72 Å². The highest BCUT2D eigenvalue weighted by atomic mass is 16.5. The summed E-state index contributed by atoms with van der Waals surface area (Å²) in [4.78, 5) is 29.3. The summed E-state index contributed by atoms with van der Waals surface area (Å²) < 4.78 is 5.35. The van der Waals surface area contributed by atoms with Gasteiger partial charge in [0.2, 0.25) is 11.9 Å². The molecule has 0 saturated heterocycles. The molecular formula is C27H28N6O2. The Morgan fingerprint density at radius 1 is 1.09 bits per heavy atom. The van der Waals surface area contributed by atoms with E-state index in [-0.39, 0.29) is 11.9 Å². The van der Waals surface area contributed by atoms with Crippen molar-refractivity contribution in [2.45, 2.75) is 20.3 Å². The fraction of sp³-hybridized carbons (Fsp3) is 0.185. The molecule has 0 aliphatic rings. The summed E-state index contributed by atoms with van der Waals surface area (Å²) in [5.41, 5.74) is 4.72. The minimum atomic E-state index is -0.304. The Morgan fingerprint density at radius 3 is 2.60 bits per heavy atom. The third-order valence-electron chi connectivity index (χ3n) is 5.31. The molecule has 178 valence electrons.